The lowest BCUT2D eigenvalue weighted by atomic mass is 9.94. The Hall–Kier alpha value is -2.28. The molecule has 1 aromatic carbocycles. The van der Waals surface area contributed by atoms with Gasteiger partial charge in [-0.2, -0.15) is 0 Å². The van der Waals surface area contributed by atoms with Crippen molar-refractivity contribution in [3.8, 4) is 11.5 Å². The molecule has 0 bridgehead atoms. The fourth-order valence-electron chi connectivity index (χ4n) is 3.63. The molecular weight excluding hydrogens is 412 g/mol. The third-order valence-corrected chi connectivity index (χ3v) is 6.22. The Balaban J connectivity index is 1.26. The number of carbonyl (C=O) groups is 1. The molecule has 1 aromatic heterocycles. The summed E-state index contributed by atoms with van der Waals surface area (Å²) in [7, 11) is 0. The number of ether oxygens (including phenoxy) is 3. The molecule has 0 spiro atoms. The van der Waals surface area contributed by atoms with Crippen LogP contribution in [0.15, 0.2) is 35.2 Å². The molecule has 1 amide bonds. The second-order valence-electron chi connectivity index (χ2n) is 7.98. The van der Waals surface area contributed by atoms with E-state index < -0.39 is 0 Å². The minimum Gasteiger partial charge on any atom is -0.494 e. The van der Waals surface area contributed by atoms with Crippen molar-refractivity contribution in [1.82, 2.24) is 9.88 Å². The van der Waals surface area contributed by atoms with Gasteiger partial charge in [0.15, 0.2) is 0 Å². The standard InChI is InChI=1S/C24H34N2O4S/c1-2-3-4-5-15-28-22-6-8-23(9-7-22)29-16-12-20-10-13-26(14-11-20)24(27)30-17-21-18-31-19-25-21/h6-9,18-20H,2-5,10-17H2,1H3. The number of amides is 1. The minimum absolute atomic E-state index is 0.240. The molecule has 31 heavy (non-hydrogen) atoms. The summed E-state index contributed by atoms with van der Waals surface area (Å²) >= 11 is 1.50. The number of rotatable bonds is 12. The quantitative estimate of drug-likeness (QED) is 0.379. The van der Waals surface area contributed by atoms with Crippen LogP contribution in [0.25, 0.3) is 0 Å². The van der Waals surface area contributed by atoms with Crippen LogP contribution in [0, 0.1) is 5.92 Å². The van der Waals surface area contributed by atoms with E-state index in [1.54, 1.807) is 10.4 Å². The number of thiazole rings is 1. The molecule has 0 N–H and O–H groups in total. The maximum absolute atomic E-state index is 12.2. The minimum atomic E-state index is -0.240. The molecule has 170 valence electrons. The molecule has 2 heterocycles. The number of benzene rings is 1. The predicted octanol–water partition coefficient (Wildman–Crippen LogP) is 5.92. The second-order valence-corrected chi connectivity index (χ2v) is 8.70. The summed E-state index contributed by atoms with van der Waals surface area (Å²) in [6.07, 6.45) is 7.57. The summed E-state index contributed by atoms with van der Waals surface area (Å²) in [5.74, 6) is 2.35. The highest BCUT2D eigenvalue weighted by atomic mass is 32.1. The average Bonchev–Trinajstić information content (AvgIpc) is 3.32. The molecule has 1 saturated heterocycles. The SMILES string of the molecule is CCCCCCOc1ccc(OCCC2CCN(C(=O)OCc3cscn3)CC2)cc1. The van der Waals surface area contributed by atoms with Crippen molar-refractivity contribution in [3.05, 3.63) is 40.8 Å². The smallest absolute Gasteiger partial charge is 0.410 e. The van der Waals surface area contributed by atoms with Crippen LogP contribution in [0.4, 0.5) is 4.79 Å². The van der Waals surface area contributed by atoms with Crippen LogP contribution in [-0.2, 0) is 11.3 Å². The lowest BCUT2D eigenvalue weighted by Gasteiger charge is -2.31. The molecule has 7 heteroatoms. The number of piperidine rings is 1. The zero-order valence-electron chi connectivity index (χ0n) is 18.5. The van der Waals surface area contributed by atoms with E-state index in [0.29, 0.717) is 12.5 Å². The van der Waals surface area contributed by atoms with Gasteiger partial charge in [-0.15, -0.1) is 11.3 Å². The number of likely N-dealkylation sites (tertiary alicyclic amines) is 1. The fraction of sp³-hybridized carbons (Fsp3) is 0.583. The third-order valence-electron chi connectivity index (χ3n) is 5.58. The van der Waals surface area contributed by atoms with E-state index in [2.05, 4.69) is 11.9 Å². The first-order valence-corrected chi connectivity index (χ1v) is 12.3. The Morgan fingerprint density at radius 1 is 1.06 bits per heavy atom. The van der Waals surface area contributed by atoms with Gasteiger partial charge in [0.1, 0.15) is 18.1 Å². The number of aromatic nitrogens is 1. The van der Waals surface area contributed by atoms with Crippen molar-refractivity contribution < 1.29 is 19.0 Å². The lowest BCUT2D eigenvalue weighted by molar-refractivity contribution is 0.0792. The van der Waals surface area contributed by atoms with E-state index in [4.69, 9.17) is 14.2 Å². The molecule has 0 unspecified atom stereocenters. The number of hydrogen-bond donors (Lipinski definition) is 0. The maximum atomic E-state index is 12.2. The van der Waals surface area contributed by atoms with E-state index in [9.17, 15) is 4.79 Å². The van der Waals surface area contributed by atoms with E-state index in [1.165, 1.54) is 30.6 Å². The van der Waals surface area contributed by atoms with E-state index >= 15 is 0 Å². The van der Waals surface area contributed by atoms with Gasteiger partial charge in [0.05, 0.1) is 24.4 Å². The molecule has 0 radical (unpaired) electrons. The molecule has 1 aliphatic heterocycles. The van der Waals surface area contributed by atoms with Gasteiger partial charge in [0.2, 0.25) is 0 Å². The highest BCUT2D eigenvalue weighted by Gasteiger charge is 2.23. The molecule has 0 aliphatic carbocycles. The van der Waals surface area contributed by atoms with Crippen molar-refractivity contribution in [3.63, 3.8) is 0 Å². The summed E-state index contributed by atoms with van der Waals surface area (Å²) in [6, 6.07) is 7.90. The van der Waals surface area contributed by atoms with Gasteiger partial charge in [-0.05, 0) is 55.9 Å². The molecule has 0 atom stereocenters. The lowest BCUT2D eigenvalue weighted by Crippen LogP contribution is -2.39. The Morgan fingerprint density at radius 2 is 1.77 bits per heavy atom. The fourth-order valence-corrected chi connectivity index (χ4v) is 4.18. The van der Waals surface area contributed by atoms with Crippen LogP contribution in [0.1, 0.15) is 57.6 Å². The van der Waals surface area contributed by atoms with E-state index in [0.717, 1.165) is 62.6 Å². The molecule has 1 aliphatic rings. The van der Waals surface area contributed by atoms with Crippen molar-refractivity contribution in [2.24, 2.45) is 5.92 Å². The van der Waals surface area contributed by atoms with E-state index in [1.807, 2.05) is 29.6 Å². The number of carbonyl (C=O) groups excluding carboxylic acids is 1. The van der Waals surface area contributed by atoms with Gasteiger partial charge in [-0.3, -0.25) is 0 Å². The van der Waals surface area contributed by atoms with Crippen LogP contribution in [-0.4, -0.2) is 42.3 Å². The summed E-state index contributed by atoms with van der Waals surface area (Å²) < 4.78 is 17.0. The van der Waals surface area contributed by atoms with Crippen molar-refractivity contribution in [1.29, 1.82) is 0 Å². The van der Waals surface area contributed by atoms with Crippen LogP contribution in [0.2, 0.25) is 0 Å². The van der Waals surface area contributed by atoms with Gasteiger partial charge in [0, 0.05) is 18.5 Å². The second kappa shape index (κ2) is 13.2. The number of unbranched alkanes of at least 4 members (excludes halogenated alkanes) is 3. The Bertz CT molecular complexity index is 743. The summed E-state index contributed by atoms with van der Waals surface area (Å²) in [5.41, 5.74) is 2.55. The van der Waals surface area contributed by atoms with Gasteiger partial charge < -0.3 is 19.1 Å². The van der Waals surface area contributed by atoms with Crippen LogP contribution in [0.5, 0.6) is 11.5 Å². The highest BCUT2D eigenvalue weighted by Crippen LogP contribution is 2.23. The summed E-state index contributed by atoms with van der Waals surface area (Å²) in [4.78, 5) is 18.1. The largest absolute Gasteiger partial charge is 0.494 e. The summed E-state index contributed by atoms with van der Waals surface area (Å²) in [5, 5.41) is 1.90. The van der Waals surface area contributed by atoms with Crippen molar-refractivity contribution in [2.45, 2.75) is 58.5 Å². The molecule has 0 saturated carbocycles. The van der Waals surface area contributed by atoms with E-state index in [-0.39, 0.29) is 12.7 Å². The van der Waals surface area contributed by atoms with Gasteiger partial charge in [-0.25, -0.2) is 9.78 Å². The number of nitrogens with zero attached hydrogens (tertiary/aromatic N) is 2. The van der Waals surface area contributed by atoms with Gasteiger partial charge in [0.25, 0.3) is 0 Å². The van der Waals surface area contributed by atoms with Crippen LogP contribution >= 0.6 is 11.3 Å². The third kappa shape index (κ3) is 8.40. The zero-order chi connectivity index (χ0) is 21.7. The average molecular weight is 447 g/mol. The first-order chi connectivity index (χ1) is 15.2. The zero-order valence-corrected chi connectivity index (χ0v) is 19.3. The van der Waals surface area contributed by atoms with Crippen molar-refractivity contribution in [2.75, 3.05) is 26.3 Å². The van der Waals surface area contributed by atoms with Gasteiger partial charge in [-0.1, -0.05) is 26.2 Å². The first kappa shape index (κ1) is 23.4. The monoisotopic (exact) mass is 446 g/mol. The predicted molar refractivity (Wildman–Crippen MR) is 123 cm³/mol. The summed E-state index contributed by atoms with van der Waals surface area (Å²) in [6.45, 7) is 5.41. The van der Waals surface area contributed by atoms with Crippen LogP contribution in [0.3, 0.4) is 0 Å². The molecule has 1 fully saturated rings. The maximum Gasteiger partial charge on any atom is 0.410 e. The first-order valence-electron chi connectivity index (χ1n) is 11.4. The highest BCUT2D eigenvalue weighted by molar-refractivity contribution is 7.07. The number of hydrogen-bond acceptors (Lipinski definition) is 6. The molecule has 3 rings (SSSR count). The van der Waals surface area contributed by atoms with Crippen molar-refractivity contribution >= 4 is 17.4 Å². The Kier molecular flexibility index (Phi) is 9.96. The molecular formula is C24H34N2O4S. The Labute approximate surface area is 189 Å². The molecule has 2 aromatic rings. The molecule has 6 nitrogen and oxygen atoms in total. The normalized spacial score (nSPS) is 14.4. The topological polar surface area (TPSA) is 60.9 Å². The van der Waals surface area contributed by atoms with Gasteiger partial charge >= 0.3 is 6.09 Å². The van der Waals surface area contributed by atoms with Crippen LogP contribution < -0.4 is 9.47 Å². The Morgan fingerprint density at radius 3 is 2.42 bits per heavy atom.